The van der Waals surface area contributed by atoms with Crippen LogP contribution in [0, 0.1) is 24.4 Å². The number of imidazole rings is 1. The lowest BCUT2D eigenvalue weighted by atomic mass is 10.2. The van der Waals surface area contributed by atoms with Crippen LogP contribution in [0.1, 0.15) is 11.4 Å². The molecule has 0 amide bonds. The van der Waals surface area contributed by atoms with Crippen molar-refractivity contribution >= 4 is 11.3 Å². The van der Waals surface area contributed by atoms with Gasteiger partial charge in [0.2, 0.25) is 0 Å². The van der Waals surface area contributed by atoms with E-state index in [-0.39, 0.29) is 12.2 Å². The van der Waals surface area contributed by atoms with Crippen LogP contribution < -0.4 is 5.32 Å². The summed E-state index contributed by atoms with van der Waals surface area (Å²) in [6.45, 7) is 2.03. The monoisotopic (exact) mass is 291 g/mol. The maximum atomic E-state index is 13.6. The molecule has 108 valence electrons. The van der Waals surface area contributed by atoms with E-state index in [4.69, 9.17) is 0 Å². The minimum absolute atomic E-state index is 0.205. The fourth-order valence-electron chi connectivity index (χ4n) is 2.24. The van der Waals surface area contributed by atoms with Gasteiger partial charge in [0.25, 0.3) is 0 Å². The van der Waals surface area contributed by atoms with Crippen LogP contribution in [-0.2, 0) is 6.54 Å². The molecule has 0 saturated carbocycles. The van der Waals surface area contributed by atoms with Crippen LogP contribution in [0.5, 0.6) is 0 Å². The molecule has 0 fully saturated rings. The number of fused-ring (bicyclic) bond motifs is 1. The molecule has 1 N–H and O–H groups in total. The summed E-state index contributed by atoms with van der Waals surface area (Å²) in [7, 11) is 0. The molecule has 0 aliphatic carbocycles. The zero-order valence-corrected chi connectivity index (χ0v) is 11.2. The molecule has 0 unspecified atom stereocenters. The van der Waals surface area contributed by atoms with E-state index in [1.807, 2.05) is 35.7 Å². The molecule has 1 aromatic carbocycles. The first-order valence-electron chi connectivity index (χ1n) is 6.37. The number of halogens is 3. The maximum Gasteiger partial charge on any atom is 0.182 e. The second-order valence-electron chi connectivity index (χ2n) is 4.68. The summed E-state index contributed by atoms with van der Waals surface area (Å²) in [6, 6.07) is 7.00. The van der Waals surface area contributed by atoms with Gasteiger partial charge in [-0.05, 0) is 19.1 Å². The van der Waals surface area contributed by atoms with Crippen molar-refractivity contribution in [2.24, 2.45) is 0 Å². The van der Waals surface area contributed by atoms with E-state index < -0.39 is 17.5 Å². The molecular weight excluding hydrogens is 279 g/mol. The first-order valence-corrected chi connectivity index (χ1v) is 6.37. The SMILES string of the molecule is Cc1nc2ccccn2c1CNc1cc(F)cc(F)c1F. The number of rotatable bonds is 3. The molecule has 3 aromatic rings. The number of hydrogen-bond acceptors (Lipinski definition) is 2. The fourth-order valence-corrected chi connectivity index (χ4v) is 2.24. The Labute approximate surface area is 119 Å². The summed E-state index contributed by atoms with van der Waals surface area (Å²) in [4.78, 5) is 4.36. The molecular formula is C15H12F3N3. The van der Waals surface area contributed by atoms with E-state index in [1.54, 1.807) is 0 Å². The summed E-state index contributed by atoms with van der Waals surface area (Å²) in [5, 5.41) is 2.71. The van der Waals surface area contributed by atoms with Gasteiger partial charge < -0.3 is 9.72 Å². The van der Waals surface area contributed by atoms with Gasteiger partial charge >= 0.3 is 0 Å². The van der Waals surface area contributed by atoms with Crippen molar-refractivity contribution in [2.75, 3.05) is 5.32 Å². The van der Waals surface area contributed by atoms with Crippen molar-refractivity contribution in [1.29, 1.82) is 0 Å². The Morgan fingerprint density at radius 3 is 2.81 bits per heavy atom. The standard InChI is InChI=1S/C15H12F3N3/c1-9-13(21-5-3-2-4-14(21)20-9)8-19-12-7-10(16)6-11(17)15(12)18/h2-7,19H,8H2,1H3. The van der Waals surface area contributed by atoms with Crippen LogP contribution in [0.15, 0.2) is 36.5 Å². The van der Waals surface area contributed by atoms with Crippen molar-refractivity contribution < 1.29 is 13.2 Å². The van der Waals surface area contributed by atoms with E-state index in [1.165, 1.54) is 0 Å². The Balaban J connectivity index is 1.92. The minimum Gasteiger partial charge on any atom is -0.377 e. The van der Waals surface area contributed by atoms with E-state index in [0.717, 1.165) is 23.1 Å². The Morgan fingerprint density at radius 2 is 2.00 bits per heavy atom. The third kappa shape index (κ3) is 2.44. The Morgan fingerprint density at radius 1 is 1.19 bits per heavy atom. The molecule has 0 aliphatic heterocycles. The maximum absolute atomic E-state index is 13.6. The van der Waals surface area contributed by atoms with Gasteiger partial charge in [0.05, 0.1) is 23.6 Å². The van der Waals surface area contributed by atoms with Crippen LogP contribution >= 0.6 is 0 Å². The fraction of sp³-hybridized carbons (Fsp3) is 0.133. The normalized spacial score (nSPS) is 11.0. The molecule has 6 heteroatoms. The van der Waals surface area contributed by atoms with E-state index in [9.17, 15) is 13.2 Å². The van der Waals surface area contributed by atoms with Crippen LogP contribution in [0.25, 0.3) is 5.65 Å². The number of nitrogens with one attached hydrogen (secondary N) is 1. The van der Waals surface area contributed by atoms with Crippen molar-refractivity contribution in [2.45, 2.75) is 13.5 Å². The first kappa shape index (κ1) is 13.5. The van der Waals surface area contributed by atoms with E-state index in [0.29, 0.717) is 6.07 Å². The average molecular weight is 291 g/mol. The van der Waals surface area contributed by atoms with Gasteiger partial charge in [-0.3, -0.25) is 0 Å². The molecule has 0 aliphatic rings. The Bertz CT molecular complexity index is 811. The third-order valence-electron chi connectivity index (χ3n) is 3.27. The van der Waals surface area contributed by atoms with Gasteiger partial charge in [-0.15, -0.1) is 0 Å². The number of aromatic nitrogens is 2. The molecule has 2 aromatic heterocycles. The molecule has 2 heterocycles. The highest BCUT2D eigenvalue weighted by Crippen LogP contribution is 2.21. The molecule has 0 spiro atoms. The highest BCUT2D eigenvalue weighted by molar-refractivity contribution is 5.48. The highest BCUT2D eigenvalue weighted by atomic mass is 19.2. The van der Waals surface area contributed by atoms with Crippen LogP contribution in [0.3, 0.4) is 0 Å². The second kappa shape index (κ2) is 5.12. The van der Waals surface area contributed by atoms with Gasteiger partial charge in [-0.2, -0.15) is 0 Å². The van der Waals surface area contributed by atoms with Crippen molar-refractivity contribution in [3.8, 4) is 0 Å². The predicted molar refractivity (Wildman–Crippen MR) is 73.6 cm³/mol. The van der Waals surface area contributed by atoms with Gasteiger partial charge in [0.15, 0.2) is 11.6 Å². The summed E-state index contributed by atoms with van der Waals surface area (Å²) < 4.78 is 41.7. The van der Waals surface area contributed by atoms with Crippen LogP contribution in [0.2, 0.25) is 0 Å². The Hall–Kier alpha value is -2.50. The smallest absolute Gasteiger partial charge is 0.182 e. The second-order valence-corrected chi connectivity index (χ2v) is 4.68. The van der Waals surface area contributed by atoms with E-state index >= 15 is 0 Å². The summed E-state index contributed by atoms with van der Waals surface area (Å²) in [5.74, 6) is -3.14. The molecule has 3 nitrogen and oxygen atoms in total. The van der Waals surface area contributed by atoms with Crippen molar-refractivity contribution in [1.82, 2.24) is 9.38 Å². The molecule has 0 saturated heterocycles. The summed E-state index contributed by atoms with van der Waals surface area (Å²) in [6.07, 6.45) is 1.83. The van der Waals surface area contributed by atoms with Crippen LogP contribution in [-0.4, -0.2) is 9.38 Å². The molecule has 0 bridgehead atoms. The van der Waals surface area contributed by atoms with Gasteiger partial charge in [0.1, 0.15) is 11.5 Å². The lowest BCUT2D eigenvalue weighted by Gasteiger charge is -2.09. The predicted octanol–water partition coefficient (Wildman–Crippen LogP) is 3.67. The molecule has 0 radical (unpaired) electrons. The number of benzene rings is 1. The van der Waals surface area contributed by atoms with Crippen molar-refractivity contribution in [3.63, 3.8) is 0 Å². The lowest BCUT2D eigenvalue weighted by Crippen LogP contribution is -2.06. The van der Waals surface area contributed by atoms with Gasteiger partial charge in [-0.25, -0.2) is 18.2 Å². The summed E-state index contributed by atoms with van der Waals surface area (Å²) in [5.41, 5.74) is 2.12. The van der Waals surface area contributed by atoms with Gasteiger partial charge in [0, 0.05) is 18.3 Å². The van der Waals surface area contributed by atoms with Crippen molar-refractivity contribution in [3.05, 3.63) is 65.4 Å². The molecule has 3 rings (SSSR count). The third-order valence-corrected chi connectivity index (χ3v) is 3.27. The average Bonchev–Trinajstić information content (AvgIpc) is 2.77. The quantitative estimate of drug-likeness (QED) is 0.746. The number of nitrogens with zero attached hydrogens (tertiary/aromatic N) is 2. The largest absolute Gasteiger partial charge is 0.377 e. The number of anilines is 1. The number of aryl methyl sites for hydroxylation is 1. The number of pyridine rings is 1. The lowest BCUT2D eigenvalue weighted by molar-refractivity contribution is 0.497. The summed E-state index contributed by atoms with van der Waals surface area (Å²) >= 11 is 0. The Kier molecular flexibility index (Phi) is 3.29. The topological polar surface area (TPSA) is 29.3 Å². The molecule has 21 heavy (non-hydrogen) atoms. The van der Waals surface area contributed by atoms with E-state index in [2.05, 4.69) is 10.3 Å². The first-order chi connectivity index (χ1) is 10.1. The number of hydrogen-bond donors (Lipinski definition) is 1. The minimum atomic E-state index is -1.22. The van der Waals surface area contributed by atoms with Crippen LogP contribution in [0.4, 0.5) is 18.9 Å². The van der Waals surface area contributed by atoms with Gasteiger partial charge in [-0.1, -0.05) is 6.07 Å². The highest BCUT2D eigenvalue weighted by Gasteiger charge is 2.13. The zero-order chi connectivity index (χ0) is 15.0. The molecule has 0 atom stereocenters. The zero-order valence-electron chi connectivity index (χ0n) is 11.2.